The van der Waals surface area contributed by atoms with Gasteiger partial charge >= 0.3 is 0 Å². The van der Waals surface area contributed by atoms with Gasteiger partial charge in [0.25, 0.3) is 0 Å². The monoisotopic (exact) mass is 463 g/mol. The van der Waals surface area contributed by atoms with Gasteiger partial charge in [-0.05, 0) is 19.1 Å². The van der Waals surface area contributed by atoms with Gasteiger partial charge in [-0.25, -0.2) is 4.98 Å². The lowest BCUT2D eigenvalue weighted by Crippen LogP contribution is -3.14. The zero-order chi connectivity index (χ0) is 20.6. The fourth-order valence-electron chi connectivity index (χ4n) is 3.11. The highest BCUT2D eigenvalue weighted by atomic mass is 32.2. The molecule has 0 atom stereocenters. The third kappa shape index (κ3) is 6.64. The Morgan fingerprint density at radius 2 is 1.97 bits per heavy atom. The molecule has 0 spiro atoms. The summed E-state index contributed by atoms with van der Waals surface area (Å²) in [6.45, 7) is 8.23. The van der Waals surface area contributed by atoms with Crippen molar-refractivity contribution in [2.24, 2.45) is 0 Å². The van der Waals surface area contributed by atoms with E-state index in [0.29, 0.717) is 0 Å². The SMILES string of the molecule is Cc1ccc(Nc2nc(CSc3nnc(NCCC[NH+]4CCOCC4)s3)cs2)cc1. The van der Waals surface area contributed by atoms with Crippen LogP contribution in [0.1, 0.15) is 17.7 Å². The number of aromatic nitrogens is 3. The summed E-state index contributed by atoms with van der Waals surface area (Å²) in [4.78, 5) is 6.31. The predicted molar refractivity (Wildman–Crippen MR) is 126 cm³/mol. The number of morpholine rings is 1. The van der Waals surface area contributed by atoms with E-state index in [1.165, 1.54) is 12.1 Å². The maximum absolute atomic E-state index is 5.40. The van der Waals surface area contributed by atoms with Crippen LogP contribution in [0.25, 0.3) is 0 Å². The Morgan fingerprint density at radius 3 is 2.80 bits per heavy atom. The third-order valence-corrected chi connectivity index (χ3v) is 7.64. The number of hydrogen-bond donors (Lipinski definition) is 3. The molecule has 3 N–H and O–H groups in total. The second kappa shape index (κ2) is 11.1. The van der Waals surface area contributed by atoms with E-state index in [0.717, 1.165) is 71.0 Å². The van der Waals surface area contributed by atoms with Gasteiger partial charge in [-0.3, -0.25) is 0 Å². The number of benzene rings is 1. The van der Waals surface area contributed by atoms with Crippen LogP contribution < -0.4 is 15.5 Å². The molecule has 30 heavy (non-hydrogen) atoms. The summed E-state index contributed by atoms with van der Waals surface area (Å²) in [6.07, 6.45) is 1.13. The Bertz CT molecular complexity index is 907. The number of aryl methyl sites for hydroxylation is 1. The van der Waals surface area contributed by atoms with Crippen molar-refractivity contribution in [3.8, 4) is 0 Å². The first kappa shape index (κ1) is 21.5. The molecule has 3 aromatic rings. The Labute approximate surface area is 189 Å². The lowest BCUT2D eigenvalue weighted by Gasteiger charge is -2.23. The fraction of sp³-hybridized carbons (Fsp3) is 0.450. The number of hydrogen-bond acceptors (Lipinski definition) is 9. The highest BCUT2D eigenvalue weighted by molar-refractivity contribution is 8.00. The number of quaternary nitrogens is 1. The Kier molecular flexibility index (Phi) is 7.93. The van der Waals surface area contributed by atoms with Gasteiger partial charge in [0.1, 0.15) is 13.1 Å². The van der Waals surface area contributed by atoms with Crippen LogP contribution in [0.15, 0.2) is 34.0 Å². The Balaban J connectivity index is 1.17. The van der Waals surface area contributed by atoms with Crippen LogP contribution in [-0.4, -0.2) is 54.6 Å². The van der Waals surface area contributed by atoms with Crippen molar-refractivity contribution in [1.82, 2.24) is 15.2 Å². The van der Waals surface area contributed by atoms with Gasteiger partial charge < -0.3 is 20.3 Å². The van der Waals surface area contributed by atoms with Gasteiger partial charge in [0.05, 0.1) is 25.5 Å². The van der Waals surface area contributed by atoms with Crippen LogP contribution in [0.2, 0.25) is 0 Å². The van der Waals surface area contributed by atoms with E-state index in [9.17, 15) is 0 Å². The van der Waals surface area contributed by atoms with E-state index in [-0.39, 0.29) is 0 Å². The Morgan fingerprint density at radius 1 is 1.13 bits per heavy atom. The maximum Gasteiger partial charge on any atom is 0.206 e. The fourth-order valence-corrected chi connectivity index (χ4v) is 5.62. The molecule has 4 rings (SSSR count). The summed E-state index contributed by atoms with van der Waals surface area (Å²) >= 11 is 4.92. The molecule has 0 bridgehead atoms. The van der Waals surface area contributed by atoms with Crippen LogP contribution in [-0.2, 0) is 10.5 Å². The van der Waals surface area contributed by atoms with Gasteiger partial charge in [-0.1, -0.05) is 40.8 Å². The molecule has 1 aliphatic heterocycles. The van der Waals surface area contributed by atoms with Crippen LogP contribution >= 0.6 is 34.4 Å². The molecule has 1 saturated heterocycles. The van der Waals surface area contributed by atoms with Gasteiger partial charge in [0.15, 0.2) is 9.47 Å². The van der Waals surface area contributed by atoms with Crippen molar-refractivity contribution < 1.29 is 9.64 Å². The summed E-state index contributed by atoms with van der Waals surface area (Å²) in [7, 11) is 0. The van der Waals surface area contributed by atoms with E-state index >= 15 is 0 Å². The molecule has 1 fully saturated rings. The molecule has 2 aromatic heterocycles. The van der Waals surface area contributed by atoms with Gasteiger partial charge in [-0.2, -0.15) is 0 Å². The van der Waals surface area contributed by atoms with E-state index in [1.807, 2.05) is 0 Å². The number of nitrogens with one attached hydrogen (secondary N) is 3. The average Bonchev–Trinajstić information content (AvgIpc) is 3.41. The number of anilines is 3. The van der Waals surface area contributed by atoms with Crippen molar-refractivity contribution in [2.45, 2.75) is 23.4 Å². The lowest BCUT2D eigenvalue weighted by atomic mass is 10.2. The predicted octanol–water partition coefficient (Wildman–Crippen LogP) is 3.06. The molecule has 0 aliphatic carbocycles. The van der Waals surface area contributed by atoms with Crippen molar-refractivity contribution in [2.75, 3.05) is 50.0 Å². The van der Waals surface area contributed by atoms with E-state index in [1.54, 1.807) is 39.3 Å². The number of ether oxygens (including phenoxy) is 1. The molecule has 1 aromatic carbocycles. The van der Waals surface area contributed by atoms with E-state index < -0.39 is 0 Å². The van der Waals surface area contributed by atoms with Crippen molar-refractivity contribution in [3.05, 3.63) is 40.9 Å². The quantitative estimate of drug-likeness (QED) is 0.315. The van der Waals surface area contributed by atoms with Crippen LogP contribution in [0.4, 0.5) is 16.0 Å². The second-order valence-electron chi connectivity index (χ2n) is 7.19. The maximum atomic E-state index is 5.40. The first-order chi connectivity index (χ1) is 14.7. The molecule has 0 radical (unpaired) electrons. The topological polar surface area (TPSA) is 76.4 Å². The summed E-state index contributed by atoms with van der Waals surface area (Å²) < 4.78 is 6.37. The second-order valence-corrected chi connectivity index (χ2v) is 10.2. The molecule has 1 aliphatic rings. The largest absolute Gasteiger partial charge is 0.370 e. The number of rotatable bonds is 10. The van der Waals surface area contributed by atoms with E-state index in [2.05, 4.69) is 62.4 Å². The van der Waals surface area contributed by atoms with Gasteiger partial charge in [0, 0.05) is 29.8 Å². The first-order valence-corrected chi connectivity index (χ1v) is 12.8. The summed E-state index contributed by atoms with van der Waals surface area (Å²) in [6, 6.07) is 8.33. The molecular formula is C20H27N6OS3+. The zero-order valence-corrected chi connectivity index (χ0v) is 19.5. The van der Waals surface area contributed by atoms with Crippen LogP contribution in [0, 0.1) is 6.92 Å². The molecular weight excluding hydrogens is 436 g/mol. The number of nitrogens with zero attached hydrogens (tertiary/aromatic N) is 3. The van der Waals surface area contributed by atoms with Crippen molar-refractivity contribution in [3.63, 3.8) is 0 Å². The minimum Gasteiger partial charge on any atom is -0.370 e. The zero-order valence-electron chi connectivity index (χ0n) is 17.0. The molecule has 10 heteroatoms. The van der Waals surface area contributed by atoms with Gasteiger partial charge in [-0.15, -0.1) is 21.5 Å². The Hall–Kier alpha value is -1.72. The standard InChI is InChI=1S/C20H26N6OS3/c1-15-3-5-16(6-4-15)22-19-23-17(13-28-19)14-29-20-25-24-18(30-20)21-7-2-8-26-9-11-27-12-10-26/h3-6,13H,2,7-12,14H2,1H3,(H,21,24)(H,22,23)/p+1. The number of thiazole rings is 1. The number of thioether (sulfide) groups is 1. The average molecular weight is 464 g/mol. The highest BCUT2D eigenvalue weighted by Gasteiger charge is 2.13. The summed E-state index contributed by atoms with van der Waals surface area (Å²) in [5, 5.41) is 19.2. The molecule has 3 heterocycles. The highest BCUT2D eigenvalue weighted by Crippen LogP contribution is 2.30. The smallest absolute Gasteiger partial charge is 0.206 e. The molecule has 160 valence electrons. The normalized spacial score (nSPS) is 14.7. The molecule has 0 amide bonds. The minimum absolute atomic E-state index is 0.793. The molecule has 7 nitrogen and oxygen atoms in total. The minimum atomic E-state index is 0.793. The lowest BCUT2D eigenvalue weighted by molar-refractivity contribution is -0.908. The van der Waals surface area contributed by atoms with Crippen LogP contribution in [0.3, 0.4) is 0 Å². The molecule has 0 saturated carbocycles. The molecule has 0 unspecified atom stereocenters. The first-order valence-electron chi connectivity index (χ1n) is 10.1. The van der Waals surface area contributed by atoms with Crippen molar-refractivity contribution >= 4 is 50.4 Å². The third-order valence-electron chi connectivity index (χ3n) is 4.79. The van der Waals surface area contributed by atoms with Gasteiger partial charge in [0.2, 0.25) is 5.13 Å². The van der Waals surface area contributed by atoms with E-state index in [4.69, 9.17) is 4.74 Å². The van der Waals surface area contributed by atoms with Crippen LogP contribution in [0.5, 0.6) is 0 Å². The summed E-state index contributed by atoms with van der Waals surface area (Å²) in [5.74, 6) is 0.793. The summed E-state index contributed by atoms with van der Waals surface area (Å²) in [5.41, 5.74) is 3.36. The van der Waals surface area contributed by atoms with Crippen molar-refractivity contribution in [1.29, 1.82) is 0 Å².